The number of aryl methyl sites for hydroxylation is 2. The largest absolute Gasteiger partial charge is 0.336 e. The molecule has 0 aromatic heterocycles. The van der Waals surface area contributed by atoms with Crippen LogP contribution in [0.5, 0.6) is 0 Å². The summed E-state index contributed by atoms with van der Waals surface area (Å²) in [6.45, 7) is 4.00. The molecule has 0 unspecified atom stereocenters. The SMILES string of the molecule is Cc1cccc(NC(=O)CN(C)C(=O)CCc2ccc(Cl)cc2)c1C. The molecule has 0 spiro atoms. The van der Waals surface area contributed by atoms with Gasteiger partial charge in [-0.2, -0.15) is 0 Å². The third-order valence-electron chi connectivity index (χ3n) is 4.23. The summed E-state index contributed by atoms with van der Waals surface area (Å²) < 4.78 is 0. The fourth-order valence-electron chi connectivity index (χ4n) is 2.47. The molecule has 25 heavy (non-hydrogen) atoms. The Bertz CT molecular complexity index is 757. The molecule has 0 aliphatic heterocycles. The molecule has 2 amide bonds. The molecule has 4 nitrogen and oxygen atoms in total. The van der Waals surface area contributed by atoms with E-state index in [0.29, 0.717) is 17.9 Å². The standard InChI is InChI=1S/C20H23ClN2O2/c1-14-5-4-6-18(15(14)2)22-19(24)13-23(3)20(25)12-9-16-7-10-17(21)11-8-16/h4-8,10-11H,9,12-13H2,1-3H3,(H,22,24). The molecule has 0 bridgehead atoms. The minimum Gasteiger partial charge on any atom is -0.336 e. The van der Waals surface area contributed by atoms with Gasteiger partial charge in [-0.05, 0) is 55.2 Å². The molecule has 1 N–H and O–H groups in total. The molecule has 0 aliphatic rings. The van der Waals surface area contributed by atoms with Crippen molar-refractivity contribution in [3.63, 3.8) is 0 Å². The van der Waals surface area contributed by atoms with Gasteiger partial charge in [0, 0.05) is 24.2 Å². The lowest BCUT2D eigenvalue weighted by Crippen LogP contribution is -2.35. The molecule has 2 aromatic rings. The van der Waals surface area contributed by atoms with Crippen LogP contribution in [0.3, 0.4) is 0 Å². The maximum atomic E-state index is 12.2. The number of nitrogens with one attached hydrogen (secondary N) is 1. The zero-order chi connectivity index (χ0) is 18.4. The third-order valence-corrected chi connectivity index (χ3v) is 4.48. The molecule has 0 heterocycles. The van der Waals surface area contributed by atoms with E-state index in [9.17, 15) is 9.59 Å². The molecule has 0 radical (unpaired) electrons. The van der Waals surface area contributed by atoms with Gasteiger partial charge in [-0.3, -0.25) is 9.59 Å². The first-order valence-corrected chi connectivity index (χ1v) is 8.59. The molecule has 0 saturated heterocycles. The van der Waals surface area contributed by atoms with E-state index in [-0.39, 0.29) is 18.4 Å². The third kappa shape index (κ3) is 5.61. The predicted molar refractivity (Wildman–Crippen MR) is 102 cm³/mol. The fraction of sp³-hybridized carbons (Fsp3) is 0.300. The smallest absolute Gasteiger partial charge is 0.243 e. The van der Waals surface area contributed by atoms with Gasteiger partial charge >= 0.3 is 0 Å². The number of benzene rings is 2. The van der Waals surface area contributed by atoms with E-state index >= 15 is 0 Å². The summed E-state index contributed by atoms with van der Waals surface area (Å²) in [4.78, 5) is 25.8. The van der Waals surface area contributed by atoms with Crippen molar-refractivity contribution in [3.8, 4) is 0 Å². The summed E-state index contributed by atoms with van der Waals surface area (Å²) in [6, 6.07) is 13.2. The first-order valence-electron chi connectivity index (χ1n) is 8.21. The minimum absolute atomic E-state index is 0.0346. The van der Waals surface area contributed by atoms with Crippen LogP contribution in [-0.4, -0.2) is 30.3 Å². The monoisotopic (exact) mass is 358 g/mol. The van der Waals surface area contributed by atoms with Gasteiger partial charge in [-0.1, -0.05) is 35.9 Å². The number of hydrogen-bond donors (Lipinski definition) is 1. The number of anilines is 1. The van der Waals surface area contributed by atoms with Gasteiger partial charge in [0.25, 0.3) is 0 Å². The molecule has 2 aromatic carbocycles. The first-order chi connectivity index (χ1) is 11.9. The van der Waals surface area contributed by atoms with Crippen molar-refractivity contribution in [2.45, 2.75) is 26.7 Å². The van der Waals surface area contributed by atoms with Gasteiger partial charge in [0.1, 0.15) is 0 Å². The van der Waals surface area contributed by atoms with Gasteiger partial charge in [-0.15, -0.1) is 0 Å². The van der Waals surface area contributed by atoms with E-state index in [2.05, 4.69) is 5.32 Å². The lowest BCUT2D eigenvalue weighted by molar-refractivity contribution is -0.133. The van der Waals surface area contributed by atoms with Crippen LogP contribution >= 0.6 is 11.6 Å². The lowest BCUT2D eigenvalue weighted by atomic mass is 10.1. The number of carbonyl (C=O) groups is 2. The molecular formula is C20H23ClN2O2. The Labute approximate surface area is 153 Å². The highest BCUT2D eigenvalue weighted by molar-refractivity contribution is 6.30. The van der Waals surface area contributed by atoms with Gasteiger partial charge in [0.15, 0.2) is 0 Å². The van der Waals surface area contributed by atoms with Crippen LogP contribution in [0.2, 0.25) is 5.02 Å². The van der Waals surface area contributed by atoms with Gasteiger partial charge in [0.05, 0.1) is 6.54 Å². The van der Waals surface area contributed by atoms with E-state index < -0.39 is 0 Å². The number of hydrogen-bond acceptors (Lipinski definition) is 2. The van der Waals surface area contributed by atoms with Crippen molar-refractivity contribution in [1.29, 1.82) is 0 Å². The average Bonchev–Trinajstić information content (AvgIpc) is 2.58. The highest BCUT2D eigenvalue weighted by atomic mass is 35.5. The van der Waals surface area contributed by atoms with Crippen LogP contribution in [0.1, 0.15) is 23.1 Å². The number of likely N-dealkylation sites (N-methyl/N-ethyl adjacent to an activating group) is 1. The summed E-state index contributed by atoms with van der Waals surface area (Å²) >= 11 is 5.85. The molecule has 2 rings (SSSR count). The summed E-state index contributed by atoms with van der Waals surface area (Å²) in [5.74, 6) is -0.262. The van der Waals surface area contributed by atoms with E-state index in [1.165, 1.54) is 4.90 Å². The first kappa shape index (κ1) is 19.0. The van der Waals surface area contributed by atoms with Crippen molar-refractivity contribution in [3.05, 3.63) is 64.2 Å². The average molecular weight is 359 g/mol. The van der Waals surface area contributed by atoms with Crippen molar-refractivity contribution < 1.29 is 9.59 Å². The zero-order valence-corrected chi connectivity index (χ0v) is 15.6. The Hall–Kier alpha value is -2.33. The molecule has 5 heteroatoms. The lowest BCUT2D eigenvalue weighted by Gasteiger charge is -2.18. The van der Waals surface area contributed by atoms with Crippen molar-refractivity contribution >= 4 is 29.1 Å². The maximum Gasteiger partial charge on any atom is 0.243 e. The molecule has 132 valence electrons. The van der Waals surface area contributed by atoms with Crippen LogP contribution in [-0.2, 0) is 16.0 Å². The number of halogens is 1. The summed E-state index contributed by atoms with van der Waals surface area (Å²) in [5, 5.41) is 3.55. The van der Waals surface area contributed by atoms with Crippen LogP contribution in [0.15, 0.2) is 42.5 Å². The molecule has 0 atom stereocenters. The Balaban J connectivity index is 1.84. The summed E-state index contributed by atoms with van der Waals surface area (Å²) in [6.07, 6.45) is 0.980. The van der Waals surface area contributed by atoms with Crippen LogP contribution < -0.4 is 5.32 Å². The Morgan fingerprint density at radius 2 is 1.76 bits per heavy atom. The van der Waals surface area contributed by atoms with E-state index in [4.69, 9.17) is 11.6 Å². The highest BCUT2D eigenvalue weighted by Gasteiger charge is 2.14. The van der Waals surface area contributed by atoms with E-state index in [0.717, 1.165) is 22.4 Å². The second-order valence-corrected chi connectivity index (χ2v) is 6.61. The maximum absolute atomic E-state index is 12.2. The number of rotatable bonds is 6. The summed E-state index contributed by atoms with van der Waals surface area (Å²) in [5.41, 5.74) is 3.98. The van der Waals surface area contributed by atoms with Crippen molar-refractivity contribution in [2.75, 3.05) is 18.9 Å². The quantitative estimate of drug-likeness (QED) is 0.848. The second kappa shape index (κ2) is 8.67. The Kier molecular flexibility index (Phi) is 6.59. The molecule has 0 saturated carbocycles. The van der Waals surface area contributed by atoms with Crippen LogP contribution in [0.4, 0.5) is 5.69 Å². The van der Waals surface area contributed by atoms with Crippen molar-refractivity contribution in [1.82, 2.24) is 4.90 Å². The van der Waals surface area contributed by atoms with Crippen molar-refractivity contribution in [2.24, 2.45) is 0 Å². The minimum atomic E-state index is -0.198. The number of amides is 2. The molecule has 0 aliphatic carbocycles. The second-order valence-electron chi connectivity index (χ2n) is 6.17. The van der Waals surface area contributed by atoms with E-state index in [1.54, 1.807) is 7.05 Å². The van der Waals surface area contributed by atoms with Gasteiger partial charge in [-0.25, -0.2) is 0 Å². The number of carbonyl (C=O) groups excluding carboxylic acids is 2. The van der Waals surface area contributed by atoms with E-state index in [1.807, 2.05) is 56.3 Å². The van der Waals surface area contributed by atoms with Crippen LogP contribution in [0.25, 0.3) is 0 Å². The number of nitrogens with zero attached hydrogens (tertiary/aromatic N) is 1. The predicted octanol–water partition coefficient (Wildman–Crippen LogP) is 3.99. The molecule has 0 fully saturated rings. The van der Waals surface area contributed by atoms with Gasteiger partial charge < -0.3 is 10.2 Å². The highest BCUT2D eigenvalue weighted by Crippen LogP contribution is 2.18. The molecular weight excluding hydrogens is 336 g/mol. The Morgan fingerprint density at radius 1 is 1.08 bits per heavy atom. The fourth-order valence-corrected chi connectivity index (χ4v) is 2.60. The van der Waals surface area contributed by atoms with Crippen LogP contribution in [0, 0.1) is 13.8 Å². The van der Waals surface area contributed by atoms with Gasteiger partial charge in [0.2, 0.25) is 11.8 Å². The topological polar surface area (TPSA) is 49.4 Å². The summed E-state index contributed by atoms with van der Waals surface area (Å²) in [7, 11) is 1.65. The Morgan fingerprint density at radius 3 is 2.44 bits per heavy atom. The normalized spacial score (nSPS) is 10.4. The zero-order valence-electron chi connectivity index (χ0n) is 14.8.